The van der Waals surface area contributed by atoms with Gasteiger partial charge in [-0.05, 0) is 6.07 Å². The van der Waals surface area contributed by atoms with Crippen molar-refractivity contribution in [1.82, 2.24) is 0 Å². The Hall–Kier alpha value is -2.24. The van der Waals surface area contributed by atoms with Crippen LogP contribution in [0.25, 0.3) is 0 Å². The van der Waals surface area contributed by atoms with Gasteiger partial charge in [-0.1, -0.05) is 12.7 Å². The molecular formula is C10H8FNO4. The molecule has 0 saturated carbocycles. The Bertz CT molecular complexity index is 444. The lowest BCUT2D eigenvalue weighted by Crippen LogP contribution is -2.08. The number of nitro benzene ring substituents is 1. The molecule has 0 heterocycles. The standard InChI is InChI=1S/C10H8FNO4/c1-2-5-16-10(13)8-6-7(12(14)15)3-4-9(8)11/h2-4,6H,1,5H2. The van der Waals surface area contributed by atoms with Crippen molar-refractivity contribution in [3.63, 3.8) is 0 Å². The number of carbonyl (C=O) groups excluding carboxylic acids is 1. The lowest BCUT2D eigenvalue weighted by Gasteiger charge is -2.02. The van der Waals surface area contributed by atoms with E-state index in [1.165, 1.54) is 6.08 Å². The summed E-state index contributed by atoms with van der Waals surface area (Å²) in [6.45, 7) is 3.23. The largest absolute Gasteiger partial charge is 0.458 e. The Morgan fingerprint density at radius 1 is 1.62 bits per heavy atom. The molecule has 0 unspecified atom stereocenters. The van der Waals surface area contributed by atoms with Crippen LogP contribution in [-0.2, 0) is 4.74 Å². The van der Waals surface area contributed by atoms with Crippen LogP contribution in [0.3, 0.4) is 0 Å². The van der Waals surface area contributed by atoms with Crippen molar-refractivity contribution in [2.75, 3.05) is 6.61 Å². The summed E-state index contributed by atoms with van der Waals surface area (Å²) in [4.78, 5) is 21.0. The van der Waals surface area contributed by atoms with Gasteiger partial charge in [-0.15, -0.1) is 0 Å². The van der Waals surface area contributed by atoms with Gasteiger partial charge in [-0.2, -0.15) is 0 Å². The van der Waals surface area contributed by atoms with Crippen molar-refractivity contribution in [2.24, 2.45) is 0 Å². The highest BCUT2D eigenvalue weighted by Gasteiger charge is 2.17. The molecule has 6 heteroatoms. The molecule has 0 aliphatic heterocycles. The fourth-order valence-electron chi connectivity index (χ4n) is 0.996. The highest BCUT2D eigenvalue weighted by Crippen LogP contribution is 2.17. The Morgan fingerprint density at radius 3 is 2.88 bits per heavy atom. The number of carbonyl (C=O) groups is 1. The highest BCUT2D eigenvalue weighted by atomic mass is 19.1. The summed E-state index contributed by atoms with van der Waals surface area (Å²) in [5.74, 6) is -1.82. The average molecular weight is 225 g/mol. The summed E-state index contributed by atoms with van der Waals surface area (Å²) >= 11 is 0. The van der Waals surface area contributed by atoms with E-state index in [2.05, 4.69) is 11.3 Å². The van der Waals surface area contributed by atoms with Crippen molar-refractivity contribution in [3.05, 3.63) is 52.3 Å². The SMILES string of the molecule is C=CCOC(=O)c1cc([N+](=O)[O-])ccc1F. The Morgan fingerprint density at radius 2 is 2.31 bits per heavy atom. The molecule has 0 aliphatic rings. The number of nitro groups is 1. The average Bonchev–Trinajstić information content (AvgIpc) is 2.26. The molecule has 84 valence electrons. The maximum atomic E-state index is 13.2. The number of hydrogen-bond donors (Lipinski definition) is 0. The van der Waals surface area contributed by atoms with Crippen LogP contribution in [0.1, 0.15) is 10.4 Å². The number of nitrogens with zero attached hydrogens (tertiary/aromatic N) is 1. The third kappa shape index (κ3) is 2.63. The second-order valence-electron chi connectivity index (χ2n) is 2.81. The fraction of sp³-hybridized carbons (Fsp3) is 0.100. The van der Waals surface area contributed by atoms with Gasteiger partial charge in [0.1, 0.15) is 18.0 Å². The quantitative estimate of drug-likeness (QED) is 0.340. The van der Waals surface area contributed by atoms with Gasteiger partial charge in [-0.25, -0.2) is 9.18 Å². The minimum absolute atomic E-state index is 0.0824. The van der Waals surface area contributed by atoms with Crippen LogP contribution < -0.4 is 0 Å². The van der Waals surface area contributed by atoms with Gasteiger partial charge in [0.25, 0.3) is 5.69 Å². The summed E-state index contributed by atoms with van der Waals surface area (Å²) in [6, 6.07) is 2.66. The monoisotopic (exact) mass is 225 g/mol. The summed E-state index contributed by atoms with van der Waals surface area (Å²) in [7, 11) is 0. The van der Waals surface area contributed by atoms with E-state index in [0.717, 1.165) is 18.2 Å². The first-order valence-corrected chi connectivity index (χ1v) is 4.28. The molecule has 0 aromatic heterocycles. The molecule has 0 aliphatic carbocycles. The number of esters is 1. The molecule has 0 radical (unpaired) electrons. The summed E-state index contributed by atoms with van der Waals surface area (Å²) < 4.78 is 17.7. The second kappa shape index (κ2) is 5.01. The van der Waals surface area contributed by atoms with E-state index in [9.17, 15) is 19.3 Å². The van der Waals surface area contributed by atoms with Crippen molar-refractivity contribution in [3.8, 4) is 0 Å². The molecule has 0 spiro atoms. The zero-order chi connectivity index (χ0) is 12.1. The van der Waals surface area contributed by atoms with Gasteiger partial charge >= 0.3 is 5.97 Å². The molecule has 0 fully saturated rings. The molecule has 5 nitrogen and oxygen atoms in total. The molecular weight excluding hydrogens is 217 g/mol. The van der Waals surface area contributed by atoms with Gasteiger partial charge in [0, 0.05) is 12.1 Å². The zero-order valence-corrected chi connectivity index (χ0v) is 8.18. The van der Waals surface area contributed by atoms with Gasteiger partial charge in [0.15, 0.2) is 0 Å². The Balaban J connectivity index is 3.02. The maximum absolute atomic E-state index is 13.2. The fourth-order valence-corrected chi connectivity index (χ4v) is 0.996. The first-order valence-electron chi connectivity index (χ1n) is 4.28. The number of hydrogen-bond acceptors (Lipinski definition) is 4. The molecule has 1 aromatic carbocycles. The predicted molar refractivity (Wildman–Crippen MR) is 53.5 cm³/mol. The van der Waals surface area contributed by atoms with Crippen LogP contribution >= 0.6 is 0 Å². The second-order valence-corrected chi connectivity index (χ2v) is 2.81. The predicted octanol–water partition coefficient (Wildman–Crippen LogP) is 2.08. The Kier molecular flexibility index (Phi) is 3.71. The molecule has 0 bridgehead atoms. The summed E-state index contributed by atoms with van der Waals surface area (Å²) in [5, 5.41) is 10.4. The molecule has 16 heavy (non-hydrogen) atoms. The third-order valence-electron chi connectivity index (χ3n) is 1.71. The lowest BCUT2D eigenvalue weighted by molar-refractivity contribution is -0.384. The van der Waals surface area contributed by atoms with Crippen molar-refractivity contribution < 1.29 is 18.8 Å². The van der Waals surface area contributed by atoms with Crippen LogP contribution in [0.5, 0.6) is 0 Å². The first kappa shape index (κ1) is 11.8. The van der Waals surface area contributed by atoms with Crippen molar-refractivity contribution in [1.29, 1.82) is 0 Å². The van der Waals surface area contributed by atoms with Gasteiger partial charge in [-0.3, -0.25) is 10.1 Å². The maximum Gasteiger partial charge on any atom is 0.341 e. The van der Waals surface area contributed by atoms with E-state index in [0.29, 0.717) is 0 Å². The van der Waals surface area contributed by atoms with Gasteiger partial charge < -0.3 is 4.74 Å². The number of ether oxygens (including phenoxy) is 1. The van der Waals surface area contributed by atoms with Crippen LogP contribution in [0.2, 0.25) is 0 Å². The van der Waals surface area contributed by atoms with Crippen LogP contribution in [0.15, 0.2) is 30.9 Å². The summed E-state index contributed by atoms with van der Waals surface area (Å²) in [5.41, 5.74) is -0.831. The zero-order valence-electron chi connectivity index (χ0n) is 8.18. The molecule has 1 aromatic rings. The topological polar surface area (TPSA) is 69.4 Å². The number of non-ortho nitro benzene ring substituents is 1. The van der Waals surface area contributed by atoms with E-state index >= 15 is 0 Å². The van der Waals surface area contributed by atoms with Crippen LogP contribution in [-0.4, -0.2) is 17.5 Å². The van der Waals surface area contributed by atoms with Gasteiger partial charge in [0.2, 0.25) is 0 Å². The van der Waals surface area contributed by atoms with E-state index in [-0.39, 0.29) is 12.3 Å². The molecule has 0 atom stereocenters. The normalized spacial score (nSPS) is 9.56. The number of halogens is 1. The smallest absolute Gasteiger partial charge is 0.341 e. The minimum Gasteiger partial charge on any atom is -0.458 e. The van der Waals surface area contributed by atoms with E-state index in [1.54, 1.807) is 0 Å². The molecule has 0 amide bonds. The molecule has 0 N–H and O–H groups in total. The van der Waals surface area contributed by atoms with Crippen LogP contribution in [0.4, 0.5) is 10.1 Å². The third-order valence-corrected chi connectivity index (χ3v) is 1.71. The van der Waals surface area contributed by atoms with E-state index in [4.69, 9.17) is 0 Å². The van der Waals surface area contributed by atoms with E-state index < -0.39 is 22.3 Å². The molecule has 1 rings (SSSR count). The number of rotatable bonds is 4. The number of benzene rings is 1. The van der Waals surface area contributed by atoms with E-state index in [1.807, 2.05) is 0 Å². The summed E-state index contributed by atoms with van der Waals surface area (Å²) in [6.07, 6.45) is 1.31. The van der Waals surface area contributed by atoms with Gasteiger partial charge in [0.05, 0.1) is 4.92 Å². The highest BCUT2D eigenvalue weighted by molar-refractivity contribution is 5.90. The molecule has 0 saturated heterocycles. The lowest BCUT2D eigenvalue weighted by atomic mass is 10.2. The van der Waals surface area contributed by atoms with Crippen molar-refractivity contribution >= 4 is 11.7 Å². The first-order chi connectivity index (χ1) is 7.56. The Labute approximate surface area is 90.3 Å². The van der Waals surface area contributed by atoms with Crippen LogP contribution in [0, 0.1) is 15.9 Å². The minimum atomic E-state index is -0.957. The van der Waals surface area contributed by atoms with Crippen molar-refractivity contribution in [2.45, 2.75) is 0 Å².